The van der Waals surface area contributed by atoms with Crippen molar-refractivity contribution < 1.29 is 18.3 Å². The van der Waals surface area contributed by atoms with Gasteiger partial charge in [0, 0.05) is 37.3 Å². The van der Waals surface area contributed by atoms with E-state index in [4.69, 9.17) is 17.0 Å². The van der Waals surface area contributed by atoms with E-state index < -0.39 is 17.5 Å². The number of nitrogens with zero attached hydrogens (tertiary/aromatic N) is 3. The van der Waals surface area contributed by atoms with Gasteiger partial charge in [-0.25, -0.2) is 13.8 Å². The highest BCUT2D eigenvalue weighted by Crippen LogP contribution is 2.39. The van der Waals surface area contributed by atoms with E-state index in [0.717, 1.165) is 20.8 Å². The largest absolute Gasteiger partial charge is 0.453 e. The van der Waals surface area contributed by atoms with Crippen molar-refractivity contribution in [1.29, 1.82) is 0 Å². The maximum atomic E-state index is 14.9. The number of hydrogen-bond acceptors (Lipinski definition) is 6. The number of carbonyl (C=O) groups excluding carboxylic acids is 1. The summed E-state index contributed by atoms with van der Waals surface area (Å²) in [4.78, 5) is 21.9. The van der Waals surface area contributed by atoms with Crippen LogP contribution < -0.4 is 15.4 Å². The molecule has 0 spiro atoms. The lowest BCUT2D eigenvalue weighted by Gasteiger charge is -2.12. The van der Waals surface area contributed by atoms with Crippen molar-refractivity contribution >= 4 is 50.5 Å². The van der Waals surface area contributed by atoms with Crippen molar-refractivity contribution in [2.45, 2.75) is 6.42 Å². The molecule has 5 aromatic rings. The average molecular weight is 536 g/mol. The summed E-state index contributed by atoms with van der Waals surface area (Å²) < 4.78 is 37.1. The standard InChI is InChI=1S/C26H19F2N5O2S2/c1-33-13-20(30-14-33)23-12-19-25(37-23)22(8-9-29-19)35-21-7-6-16(11-18(21)28)31-26(36)32-24(34)10-15-4-2-3-5-17(15)27/h2-9,11-14H,10H2,1H3,(H2,31,32,34,36). The first-order chi connectivity index (χ1) is 17.9. The number of fused-ring (bicyclic) bond motifs is 1. The van der Waals surface area contributed by atoms with Gasteiger partial charge in [-0.2, -0.15) is 0 Å². The van der Waals surface area contributed by atoms with Gasteiger partial charge in [-0.1, -0.05) is 18.2 Å². The quantitative estimate of drug-likeness (QED) is 0.267. The van der Waals surface area contributed by atoms with Crippen LogP contribution in [-0.4, -0.2) is 25.6 Å². The molecule has 0 saturated carbocycles. The summed E-state index contributed by atoms with van der Waals surface area (Å²) in [5.41, 5.74) is 2.10. The molecular weight excluding hydrogens is 516 g/mol. The lowest BCUT2D eigenvalue weighted by Crippen LogP contribution is -2.35. The van der Waals surface area contributed by atoms with E-state index in [2.05, 4.69) is 20.6 Å². The fourth-order valence-corrected chi connectivity index (χ4v) is 4.85. The number of halogens is 2. The molecule has 0 radical (unpaired) electrons. The van der Waals surface area contributed by atoms with Gasteiger partial charge in [0.1, 0.15) is 11.6 Å². The van der Waals surface area contributed by atoms with Gasteiger partial charge in [0.05, 0.1) is 33.5 Å². The third-order valence-corrected chi connectivity index (χ3v) is 6.67. The Bertz CT molecular complexity index is 1630. The van der Waals surface area contributed by atoms with Gasteiger partial charge in [-0.3, -0.25) is 9.78 Å². The maximum absolute atomic E-state index is 14.9. The second-order valence-corrected chi connectivity index (χ2v) is 9.54. The predicted molar refractivity (Wildman–Crippen MR) is 143 cm³/mol. The molecule has 5 rings (SSSR count). The second-order valence-electron chi connectivity index (χ2n) is 8.08. The summed E-state index contributed by atoms with van der Waals surface area (Å²) in [6.07, 6.45) is 5.04. The second kappa shape index (κ2) is 10.4. The molecule has 3 heterocycles. The molecule has 7 nitrogen and oxygen atoms in total. The van der Waals surface area contributed by atoms with Crippen molar-refractivity contribution in [3.8, 4) is 22.1 Å². The normalized spacial score (nSPS) is 10.9. The van der Waals surface area contributed by atoms with Crippen molar-refractivity contribution in [2.24, 2.45) is 7.05 Å². The van der Waals surface area contributed by atoms with Crippen LogP contribution in [0.5, 0.6) is 11.5 Å². The Balaban J connectivity index is 1.26. The Labute approximate surface area is 219 Å². The van der Waals surface area contributed by atoms with E-state index >= 15 is 0 Å². The highest BCUT2D eigenvalue weighted by Gasteiger charge is 2.15. The number of benzene rings is 2. The molecule has 0 fully saturated rings. The summed E-state index contributed by atoms with van der Waals surface area (Å²) >= 11 is 6.59. The number of hydrogen-bond donors (Lipinski definition) is 2. The molecule has 0 aliphatic rings. The molecule has 0 saturated heterocycles. The first kappa shape index (κ1) is 24.5. The van der Waals surface area contributed by atoms with Crippen LogP contribution in [0.15, 0.2) is 73.3 Å². The number of rotatable bonds is 6. The van der Waals surface area contributed by atoms with Crippen LogP contribution in [0, 0.1) is 11.6 Å². The number of carbonyl (C=O) groups is 1. The Morgan fingerprint density at radius 3 is 2.68 bits per heavy atom. The molecule has 0 bridgehead atoms. The van der Waals surface area contributed by atoms with Crippen molar-refractivity contribution in [1.82, 2.24) is 19.9 Å². The highest BCUT2D eigenvalue weighted by atomic mass is 32.1. The Hall–Kier alpha value is -4.22. The number of thiophene rings is 1. The molecule has 1 amide bonds. The number of aryl methyl sites for hydroxylation is 1. The molecule has 186 valence electrons. The number of ether oxygens (including phenoxy) is 1. The van der Waals surface area contributed by atoms with Gasteiger partial charge in [0.25, 0.3) is 0 Å². The Kier molecular flexibility index (Phi) is 6.89. The monoisotopic (exact) mass is 535 g/mol. The average Bonchev–Trinajstić information content (AvgIpc) is 3.49. The minimum Gasteiger partial charge on any atom is -0.453 e. The fourth-order valence-electron chi connectivity index (χ4n) is 3.59. The molecule has 0 unspecified atom stereocenters. The molecule has 0 aliphatic carbocycles. The number of pyridine rings is 1. The molecule has 0 atom stereocenters. The van der Waals surface area contributed by atoms with Crippen LogP contribution in [0.2, 0.25) is 0 Å². The first-order valence-corrected chi connectivity index (χ1v) is 12.3. The number of thiocarbonyl (C=S) groups is 1. The number of amides is 1. The van der Waals surface area contributed by atoms with Gasteiger partial charge in [0.2, 0.25) is 5.91 Å². The third kappa shape index (κ3) is 5.63. The summed E-state index contributed by atoms with van der Waals surface area (Å²) in [7, 11) is 1.89. The van der Waals surface area contributed by atoms with Crippen LogP contribution in [0.3, 0.4) is 0 Å². The zero-order valence-electron chi connectivity index (χ0n) is 19.4. The Morgan fingerprint density at radius 2 is 1.92 bits per heavy atom. The van der Waals surface area contributed by atoms with E-state index in [1.165, 1.54) is 35.6 Å². The van der Waals surface area contributed by atoms with Gasteiger partial charge in [-0.15, -0.1) is 11.3 Å². The molecule has 2 N–H and O–H groups in total. The van der Waals surface area contributed by atoms with Gasteiger partial charge in [0.15, 0.2) is 16.7 Å². The molecule has 2 aromatic carbocycles. The molecule has 37 heavy (non-hydrogen) atoms. The molecule has 0 aliphatic heterocycles. The number of anilines is 1. The lowest BCUT2D eigenvalue weighted by atomic mass is 10.1. The van der Waals surface area contributed by atoms with Crippen LogP contribution in [0.25, 0.3) is 20.8 Å². The van der Waals surface area contributed by atoms with Gasteiger partial charge < -0.3 is 19.9 Å². The number of imidazole rings is 1. The molecule has 11 heteroatoms. The SMILES string of the molecule is Cn1cnc(-c2cc3nccc(Oc4ccc(NC(=S)NC(=O)Cc5ccccc5F)cc4F)c3s2)c1. The van der Waals surface area contributed by atoms with E-state index in [9.17, 15) is 13.6 Å². The smallest absolute Gasteiger partial charge is 0.230 e. The van der Waals surface area contributed by atoms with E-state index in [0.29, 0.717) is 11.4 Å². The highest BCUT2D eigenvalue weighted by molar-refractivity contribution is 7.80. The zero-order valence-corrected chi connectivity index (χ0v) is 21.0. The topological polar surface area (TPSA) is 81.1 Å². The predicted octanol–water partition coefficient (Wildman–Crippen LogP) is 5.82. The van der Waals surface area contributed by atoms with Crippen LogP contribution >= 0.6 is 23.6 Å². The van der Waals surface area contributed by atoms with E-state index in [-0.39, 0.29) is 22.8 Å². The summed E-state index contributed by atoms with van der Waals surface area (Å²) in [5.74, 6) is -1.12. The molecular formula is C26H19F2N5O2S2. The summed E-state index contributed by atoms with van der Waals surface area (Å²) in [6, 6.07) is 13.8. The van der Waals surface area contributed by atoms with Crippen LogP contribution in [-0.2, 0) is 18.3 Å². The Morgan fingerprint density at radius 1 is 1.08 bits per heavy atom. The zero-order chi connectivity index (χ0) is 25.9. The van der Waals surface area contributed by atoms with E-state index in [1.54, 1.807) is 36.8 Å². The maximum Gasteiger partial charge on any atom is 0.230 e. The van der Waals surface area contributed by atoms with Crippen LogP contribution in [0.1, 0.15) is 5.56 Å². The molecule has 3 aromatic heterocycles. The summed E-state index contributed by atoms with van der Waals surface area (Å²) in [6.45, 7) is 0. The van der Waals surface area contributed by atoms with Crippen molar-refractivity contribution in [2.75, 3.05) is 5.32 Å². The first-order valence-electron chi connectivity index (χ1n) is 11.0. The van der Waals surface area contributed by atoms with Gasteiger partial charge >= 0.3 is 0 Å². The third-order valence-electron chi connectivity index (χ3n) is 5.30. The minimum atomic E-state index is -0.628. The minimum absolute atomic E-state index is 0.0142. The van der Waals surface area contributed by atoms with Crippen molar-refractivity contribution in [3.63, 3.8) is 0 Å². The fraction of sp³-hybridized carbons (Fsp3) is 0.0769. The van der Waals surface area contributed by atoms with Gasteiger partial charge in [-0.05, 0) is 42.0 Å². The van der Waals surface area contributed by atoms with Crippen molar-refractivity contribution in [3.05, 3.63) is 90.5 Å². The summed E-state index contributed by atoms with van der Waals surface area (Å²) in [5, 5.41) is 5.18. The van der Waals surface area contributed by atoms with Crippen LogP contribution in [0.4, 0.5) is 14.5 Å². The van der Waals surface area contributed by atoms with E-state index in [1.807, 2.05) is 23.9 Å². The number of nitrogens with one attached hydrogen (secondary N) is 2. The lowest BCUT2D eigenvalue weighted by molar-refractivity contribution is -0.119. The number of aromatic nitrogens is 3.